The predicted molar refractivity (Wildman–Crippen MR) is 119 cm³/mol. The number of aromatic nitrogens is 4. The van der Waals surface area contributed by atoms with E-state index in [0.717, 1.165) is 16.9 Å². The molecule has 1 amide bonds. The third-order valence-electron chi connectivity index (χ3n) is 5.21. The van der Waals surface area contributed by atoms with Crippen LogP contribution >= 0.6 is 11.3 Å². The fourth-order valence-electron chi connectivity index (χ4n) is 3.56. The summed E-state index contributed by atoms with van der Waals surface area (Å²) < 4.78 is 3.22. The lowest BCUT2D eigenvalue weighted by Gasteiger charge is -2.09. The van der Waals surface area contributed by atoms with Crippen molar-refractivity contribution in [1.29, 1.82) is 0 Å². The van der Waals surface area contributed by atoms with E-state index >= 15 is 0 Å². The number of benzene rings is 1. The van der Waals surface area contributed by atoms with Crippen LogP contribution in [0.2, 0.25) is 0 Å². The van der Waals surface area contributed by atoms with Crippen LogP contribution in [0.1, 0.15) is 28.2 Å². The van der Waals surface area contributed by atoms with E-state index in [4.69, 9.17) is 0 Å². The molecule has 30 heavy (non-hydrogen) atoms. The van der Waals surface area contributed by atoms with Gasteiger partial charge >= 0.3 is 0 Å². The summed E-state index contributed by atoms with van der Waals surface area (Å²) in [7, 11) is 1.81. The van der Waals surface area contributed by atoms with Gasteiger partial charge in [0, 0.05) is 23.8 Å². The molecule has 0 unspecified atom stereocenters. The average molecular weight is 422 g/mol. The molecule has 0 aliphatic carbocycles. The van der Waals surface area contributed by atoms with Crippen LogP contribution in [0.25, 0.3) is 16.2 Å². The number of hydrogen-bond acceptors (Lipinski definition) is 5. The molecule has 0 saturated carbocycles. The minimum absolute atomic E-state index is 0.0847. The summed E-state index contributed by atoms with van der Waals surface area (Å²) in [5.74, 6) is -0.177. The molecule has 154 valence electrons. The molecule has 8 heteroatoms. The quantitative estimate of drug-likeness (QED) is 0.546. The van der Waals surface area contributed by atoms with Crippen LogP contribution in [-0.2, 0) is 18.3 Å². The molecule has 0 saturated heterocycles. The minimum atomic E-state index is -0.185. The van der Waals surface area contributed by atoms with E-state index in [9.17, 15) is 9.59 Å². The zero-order valence-electron chi connectivity index (χ0n) is 17.6. The molecular weight excluding hydrogens is 398 g/mol. The first-order valence-corrected chi connectivity index (χ1v) is 10.5. The smallest absolute Gasteiger partial charge is 0.268 e. The second kappa shape index (κ2) is 7.53. The number of amides is 1. The molecule has 3 aromatic heterocycles. The third kappa shape index (κ3) is 3.54. The number of thiazole rings is 1. The first-order valence-electron chi connectivity index (χ1n) is 9.62. The van der Waals surface area contributed by atoms with Crippen molar-refractivity contribution in [1.82, 2.24) is 19.2 Å². The SMILES string of the molecule is Cc1cc(-c2c(C)nc3scc(CC(=O)Nc4ccc(C)c(C)c4)n3c2=O)n(C)n1. The van der Waals surface area contributed by atoms with Gasteiger partial charge in [-0.05, 0) is 57.0 Å². The van der Waals surface area contributed by atoms with Gasteiger partial charge in [-0.25, -0.2) is 4.98 Å². The second-order valence-corrected chi connectivity index (χ2v) is 8.38. The minimum Gasteiger partial charge on any atom is -0.326 e. The van der Waals surface area contributed by atoms with E-state index in [-0.39, 0.29) is 17.9 Å². The highest BCUT2D eigenvalue weighted by atomic mass is 32.1. The molecule has 0 aliphatic heterocycles. The van der Waals surface area contributed by atoms with Crippen LogP contribution in [0.3, 0.4) is 0 Å². The van der Waals surface area contributed by atoms with Crippen LogP contribution in [-0.4, -0.2) is 25.1 Å². The molecule has 0 spiro atoms. The Morgan fingerprint density at radius 3 is 2.57 bits per heavy atom. The van der Waals surface area contributed by atoms with E-state index in [1.165, 1.54) is 21.3 Å². The van der Waals surface area contributed by atoms with Gasteiger partial charge in [0.05, 0.1) is 29.1 Å². The summed E-state index contributed by atoms with van der Waals surface area (Å²) in [6.45, 7) is 7.74. The van der Waals surface area contributed by atoms with E-state index < -0.39 is 0 Å². The summed E-state index contributed by atoms with van der Waals surface area (Å²) in [6, 6.07) is 7.67. The Morgan fingerprint density at radius 2 is 1.90 bits per heavy atom. The molecule has 0 fully saturated rings. The summed E-state index contributed by atoms with van der Waals surface area (Å²) in [5.41, 5.74) is 6.16. The van der Waals surface area contributed by atoms with E-state index in [0.29, 0.717) is 27.6 Å². The fraction of sp³-hybridized carbons (Fsp3) is 0.273. The molecule has 0 bridgehead atoms. The first kappa shape index (κ1) is 20.0. The van der Waals surface area contributed by atoms with Gasteiger partial charge in [-0.15, -0.1) is 11.3 Å². The largest absolute Gasteiger partial charge is 0.326 e. The standard InChI is InChI=1S/C22H23N5O2S/c1-12-6-7-16(8-13(12)2)24-19(28)10-17-11-30-22-23-15(4)20(21(29)27(17)22)18-9-14(3)25-26(18)5/h6-9,11H,10H2,1-5H3,(H,24,28). The first-order chi connectivity index (χ1) is 14.2. The van der Waals surface area contributed by atoms with Crippen molar-refractivity contribution in [3.8, 4) is 11.3 Å². The van der Waals surface area contributed by atoms with Gasteiger partial charge in [0.25, 0.3) is 5.56 Å². The van der Waals surface area contributed by atoms with Crippen LogP contribution < -0.4 is 10.9 Å². The third-order valence-corrected chi connectivity index (χ3v) is 6.09. The van der Waals surface area contributed by atoms with Gasteiger partial charge in [-0.1, -0.05) is 6.07 Å². The van der Waals surface area contributed by atoms with E-state index in [1.54, 1.807) is 4.68 Å². The Kier molecular flexibility index (Phi) is 5.03. The Balaban J connectivity index is 1.71. The number of nitrogens with one attached hydrogen (secondary N) is 1. The molecule has 1 N–H and O–H groups in total. The van der Waals surface area contributed by atoms with Gasteiger partial charge in [0.1, 0.15) is 0 Å². The van der Waals surface area contributed by atoms with Gasteiger partial charge in [-0.3, -0.25) is 18.7 Å². The number of hydrogen-bond donors (Lipinski definition) is 1. The Labute approximate surface area is 178 Å². The zero-order valence-corrected chi connectivity index (χ0v) is 18.4. The number of carbonyl (C=O) groups is 1. The summed E-state index contributed by atoms with van der Waals surface area (Å²) >= 11 is 1.36. The van der Waals surface area contributed by atoms with E-state index in [2.05, 4.69) is 15.4 Å². The Morgan fingerprint density at radius 1 is 1.13 bits per heavy atom. The molecular formula is C22H23N5O2S. The number of rotatable bonds is 4. The average Bonchev–Trinajstić information content (AvgIpc) is 3.21. The Bertz CT molecular complexity index is 1350. The number of carbonyl (C=O) groups excluding carboxylic acids is 1. The number of aryl methyl sites for hydroxylation is 5. The van der Waals surface area contributed by atoms with Crippen molar-refractivity contribution < 1.29 is 4.79 Å². The molecule has 4 aromatic rings. The maximum atomic E-state index is 13.4. The monoisotopic (exact) mass is 421 g/mol. The fourth-order valence-corrected chi connectivity index (χ4v) is 4.48. The lowest BCUT2D eigenvalue weighted by Crippen LogP contribution is -2.23. The zero-order chi connectivity index (χ0) is 21.6. The molecule has 4 rings (SSSR count). The van der Waals surface area contributed by atoms with Crippen LogP contribution in [0.4, 0.5) is 5.69 Å². The highest BCUT2D eigenvalue weighted by Crippen LogP contribution is 2.23. The van der Waals surface area contributed by atoms with Crippen LogP contribution in [0.15, 0.2) is 34.4 Å². The Hall–Kier alpha value is -3.26. The molecule has 0 radical (unpaired) electrons. The van der Waals surface area contributed by atoms with Crippen molar-refractivity contribution in [2.75, 3.05) is 5.32 Å². The van der Waals surface area contributed by atoms with Gasteiger partial charge in [0.2, 0.25) is 5.91 Å². The van der Waals surface area contributed by atoms with Gasteiger partial charge < -0.3 is 5.32 Å². The highest BCUT2D eigenvalue weighted by Gasteiger charge is 2.19. The predicted octanol–water partition coefficient (Wildman–Crippen LogP) is 3.57. The molecule has 1 aromatic carbocycles. The van der Waals surface area contributed by atoms with E-state index in [1.807, 2.05) is 64.4 Å². The van der Waals surface area contributed by atoms with Crippen LogP contribution in [0, 0.1) is 27.7 Å². The van der Waals surface area contributed by atoms with Crippen molar-refractivity contribution in [2.24, 2.45) is 7.05 Å². The molecule has 0 atom stereocenters. The normalized spacial score (nSPS) is 11.2. The number of nitrogens with zero attached hydrogens (tertiary/aromatic N) is 4. The van der Waals surface area contributed by atoms with Crippen molar-refractivity contribution >= 4 is 27.9 Å². The second-order valence-electron chi connectivity index (χ2n) is 7.54. The molecule has 7 nitrogen and oxygen atoms in total. The molecule has 3 heterocycles. The van der Waals surface area contributed by atoms with Crippen molar-refractivity contribution in [2.45, 2.75) is 34.1 Å². The highest BCUT2D eigenvalue weighted by molar-refractivity contribution is 7.15. The number of anilines is 1. The maximum absolute atomic E-state index is 13.4. The van der Waals surface area contributed by atoms with Crippen molar-refractivity contribution in [3.05, 3.63) is 68.2 Å². The summed E-state index contributed by atoms with van der Waals surface area (Å²) in [6.07, 6.45) is 0.0847. The molecule has 0 aliphatic rings. The lowest BCUT2D eigenvalue weighted by molar-refractivity contribution is -0.115. The van der Waals surface area contributed by atoms with Gasteiger partial charge in [0.15, 0.2) is 4.96 Å². The van der Waals surface area contributed by atoms with Crippen molar-refractivity contribution in [3.63, 3.8) is 0 Å². The lowest BCUT2D eigenvalue weighted by atomic mass is 10.1. The van der Waals surface area contributed by atoms with Gasteiger partial charge in [-0.2, -0.15) is 5.10 Å². The maximum Gasteiger partial charge on any atom is 0.268 e. The summed E-state index contributed by atoms with van der Waals surface area (Å²) in [5, 5.41) is 9.09. The summed E-state index contributed by atoms with van der Waals surface area (Å²) in [4.78, 5) is 31.2. The topological polar surface area (TPSA) is 81.3 Å². The number of fused-ring (bicyclic) bond motifs is 1. The van der Waals surface area contributed by atoms with Crippen LogP contribution in [0.5, 0.6) is 0 Å².